The molecule has 118 valence electrons. The zero-order chi connectivity index (χ0) is 15.2. The van der Waals surface area contributed by atoms with E-state index in [1.165, 1.54) is 6.33 Å². The smallest absolute Gasteiger partial charge is 0.242 e. The Bertz CT molecular complexity index is 446. The third-order valence-electron chi connectivity index (χ3n) is 4.16. The normalized spacial score (nSPS) is 16.9. The summed E-state index contributed by atoms with van der Waals surface area (Å²) in [6.45, 7) is 8.29. The molecule has 0 aromatic carbocycles. The van der Waals surface area contributed by atoms with E-state index in [1.807, 2.05) is 0 Å². The fourth-order valence-corrected chi connectivity index (χ4v) is 2.76. The molecule has 21 heavy (non-hydrogen) atoms. The van der Waals surface area contributed by atoms with E-state index in [0.29, 0.717) is 24.2 Å². The van der Waals surface area contributed by atoms with Gasteiger partial charge in [0.05, 0.1) is 6.61 Å². The van der Waals surface area contributed by atoms with Gasteiger partial charge in [0.15, 0.2) is 5.82 Å². The van der Waals surface area contributed by atoms with E-state index in [9.17, 15) is 0 Å². The van der Waals surface area contributed by atoms with Crippen LogP contribution in [-0.4, -0.2) is 54.2 Å². The summed E-state index contributed by atoms with van der Waals surface area (Å²) in [6.07, 6.45) is 4.75. The van der Waals surface area contributed by atoms with Crippen molar-refractivity contribution in [2.24, 2.45) is 0 Å². The maximum atomic E-state index is 6.18. The van der Waals surface area contributed by atoms with Crippen LogP contribution in [0.15, 0.2) is 6.33 Å². The Hall–Kier alpha value is -1.56. The number of aromatic nitrogens is 2. The third kappa shape index (κ3) is 3.75. The third-order valence-corrected chi connectivity index (χ3v) is 4.16. The standard InChI is InChI=1S/C15H27N5O/c1-4-10-21-15-13(16)14(17-11-18-15)19(3)12-6-8-20(5-2)9-7-12/h11-12H,4-10,16H2,1-3H3. The summed E-state index contributed by atoms with van der Waals surface area (Å²) in [5, 5.41) is 0. The van der Waals surface area contributed by atoms with Gasteiger partial charge in [-0.05, 0) is 25.8 Å². The SMILES string of the molecule is CCCOc1ncnc(N(C)C2CCN(CC)CC2)c1N. The Balaban J connectivity index is 2.07. The van der Waals surface area contributed by atoms with E-state index in [1.54, 1.807) is 0 Å². The number of anilines is 2. The van der Waals surface area contributed by atoms with Crippen LogP contribution in [0.1, 0.15) is 33.1 Å². The predicted molar refractivity (Wildman–Crippen MR) is 85.8 cm³/mol. The van der Waals surface area contributed by atoms with E-state index in [-0.39, 0.29) is 0 Å². The van der Waals surface area contributed by atoms with Crippen LogP contribution in [0, 0.1) is 0 Å². The van der Waals surface area contributed by atoms with Crippen molar-refractivity contribution in [1.29, 1.82) is 0 Å². The lowest BCUT2D eigenvalue weighted by Gasteiger charge is -2.37. The highest BCUT2D eigenvalue weighted by Crippen LogP contribution is 2.30. The molecule has 6 nitrogen and oxygen atoms in total. The Morgan fingerprint density at radius 3 is 2.67 bits per heavy atom. The molecule has 2 N–H and O–H groups in total. The quantitative estimate of drug-likeness (QED) is 0.862. The fraction of sp³-hybridized carbons (Fsp3) is 0.733. The van der Waals surface area contributed by atoms with Crippen molar-refractivity contribution in [3.63, 3.8) is 0 Å². The zero-order valence-electron chi connectivity index (χ0n) is 13.4. The molecule has 0 saturated carbocycles. The molecular weight excluding hydrogens is 266 g/mol. The first-order chi connectivity index (χ1) is 10.2. The lowest BCUT2D eigenvalue weighted by molar-refractivity contribution is 0.220. The van der Waals surface area contributed by atoms with Gasteiger partial charge in [-0.2, -0.15) is 4.98 Å². The summed E-state index contributed by atoms with van der Waals surface area (Å²) in [6, 6.07) is 0.476. The molecule has 0 atom stereocenters. The molecule has 1 fully saturated rings. The van der Waals surface area contributed by atoms with Gasteiger partial charge in [0.2, 0.25) is 5.88 Å². The first-order valence-electron chi connectivity index (χ1n) is 7.85. The first-order valence-corrected chi connectivity index (χ1v) is 7.85. The number of ether oxygens (including phenoxy) is 1. The lowest BCUT2D eigenvalue weighted by atomic mass is 10.0. The van der Waals surface area contributed by atoms with E-state index in [0.717, 1.165) is 44.7 Å². The summed E-state index contributed by atoms with van der Waals surface area (Å²) in [5.74, 6) is 1.28. The highest BCUT2D eigenvalue weighted by molar-refractivity contribution is 5.67. The van der Waals surface area contributed by atoms with Gasteiger partial charge >= 0.3 is 0 Å². The van der Waals surface area contributed by atoms with E-state index in [2.05, 4.69) is 40.7 Å². The molecule has 1 saturated heterocycles. The number of rotatable bonds is 6. The van der Waals surface area contributed by atoms with Crippen molar-refractivity contribution in [3.05, 3.63) is 6.33 Å². The summed E-state index contributed by atoms with van der Waals surface area (Å²) >= 11 is 0. The van der Waals surface area contributed by atoms with Crippen LogP contribution in [0.25, 0.3) is 0 Å². The Kier molecular flexibility index (Phi) is 5.61. The number of nitrogen functional groups attached to an aromatic ring is 1. The summed E-state index contributed by atoms with van der Waals surface area (Å²) in [7, 11) is 2.06. The van der Waals surface area contributed by atoms with Crippen molar-refractivity contribution >= 4 is 11.5 Å². The maximum Gasteiger partial charge on any atom is 0.242 e. The van der Waals surface area contributed by atoms with Crippen molar-refractivity contribution < 1.29 is 4.74 Å². The van der Waals surface area contributed by atoms with Gasteiger partial charge in [0, 0.05) is 26.2 Å². The number of nitrogens with zero attached hydrogens (tertiary/aromatic N) is 4. The number of likely N-dealkylation sites (tertiary alicyclic amines) is 1. The average Bonchev–Trinajstić information content (AvgIpc) is 2.53. The summed E-state index contributed by atoms with van der Waals surface area (Å²) in [4.78, 5) is 13.2. The first kappa shape index (κ1) is 15.8. The van der Waals surface area contributed by atoms with Crippen molar-refractivity contribution in [1.82, 2.24) is 14.9 Å². The van der Waals surface area contributed by atoms with Crippen LogP contribution in [0.2, 0.25) is 0 Å². The second-order valence-electron chi connectivity index (χ2n) is 5.54. The van der Waals surface area contributed by atoms with E-state index < -0.39 is 0 Å². The molecule has 2 rings (SSSR count). The highest BCUT2D eigenvalue weighted by atomic mass is 16.5. The summed E-state index contributed by atoms with van der Waals surface area (Å²) < 4.78 is 5.59. The molecular formula is C15H27N5O. The Morgan fingerprint density at radius 1 is 1.33 bits per heavy atom. The van der Waals surface area contributed by atoms with Crippen molar-refractivity contribution in [3.8, 4) is 5.88 Å². The molecule has 0 unspecified atom stereocenters. The van der Waals surface area contributed by atoms with Crippen LogP contribution in [-0.2, 0) is 0 Å². The molecule has 0 bridgehead atoms. The van der Waals surface area contributed by atoms with Gasteiger partial charge < -0.3 is 20.3 Å². The molecule has 6 heteroatoms. The highest BCUT2D eigenvalue weighted by Gasteiger charge is 2.24. The molecule has 1 aliphatic rings. The zero-order valence-corrected chi connectivity index (χ0v) is 13.4. The Morgan fingerprint density at radius 2 is 2.05 bits per heavy atom. The van der Waals surface area contributed by atoms with Crippen LogP contribution in [0.5, 0.6) is 5.88 Å². The van der Waals surface area contributed by atoms with Gasteiger partial charge in [-0.25, -0.2) is 4.98 Å². The van der Waals surface area contributed by atoms with Crippen LogP contribution in [0.3, 0.4) is 0 Å². The number of hydrogen-bond acceptors (Lipinski definition) is 6. The molecule has 0 radical (unpaired) electrons. The second kappa shape index (κ2) is 7.45. The molecule has 1 aromatic rings. The molecule has 1 aromatic heterocycles. The van der Waals surface area contributed by atoms with E-state index >= 15 is 0 Å². The number of hydrogen-bond donors (Lipinski definition) is 1. The molecule has 0 amide bonds. The van der Waals surface area contributed by atoms with Crippen molar-refractivity contribution in [2.45, 2.75) is 39.2 Å². The molecule has 0 spiro atoms. The maximum absolute atomic E-state index is 6.18. The largest absolute Gasteiger partial charge is 0.476 e. The van der Waals surface area contributed by atoms with Gasteiger partial charge in [-0.3, -0.25) is 0 Å². The van der Waals surface area contributed by atoms with Crippen LogP contribution in [0.4, 0.5) is 11.5 Å². The molecule has 0 aliphatic carbocycles. The van der Waals surface area contributed by atoms with Crippen molar-refractivity contribution in [2.75, 3.05) is 43.9 Å². The van der Waals surface area contributed by atoms with Gasteiger partial charge in [-0.1, -0.05) is 13.8 Å². The second-order valence-corrected chi connectivity index (χ2v) is 5.54. The molecule has 1 aliphatic heterocycles. The number of piperidine rings is 1. The van der Waals surface area contributed by atoms with E-state index in [4.69, 9.17) is 10.5 Å². The minimum absolute atomic E-state index is 0.476. The fourth-order valence-electron chi connectivity index (χ4n) is 2.76. The molecule has 2 heterocycles. The van der Waals surface area contributed by atoms with Gasteiger partial charge in [-0.15, -0.1) is 0 Å². The predicted octanol–water partition coefficient (Wildman–Crippen LogP) is 1.77. The number of nitrogens with two attached hydrogens (primary N) is 1. The minimum Gasteiger partial charge on any atom is -0.476 e. The van der Waals surface area contributed by atoms with Crippen LogP contribution >= 0.6 is 0 Å². The van der Waals surface area contributed by atoms with Crippen LogP contribution < -0.4 is 15.4 Å². The average molecular weight is 293 g/mol. The minimum atomic E-state index is 0.476. The topological polar surface area (TPSA) is 67.5 Å². The van der Waals surface area contributed by atoms with Gasteiger partial charge in [0.1, 0.15) is 12.0 Å². The Labute approximate surface area is 127 Å². The lowest BCUT2D eigenvalue weighted by Crippen LogP contribution is -2.43. The monoisotopic (exact) mass is 293 g/mol. The summed E-state index contributed by atoms with van der Waals surface area (Å²) in [5.41, 5.74) is 6.73. The van der Waals surface area contributed by atoms with Gasteiger partial charge in [0.25, 0.3) is 0 Å².